The van der Waals surface area contributed by atoms with Crippen LogP contribution in [0.3, 0.4) is 0 Å². The zero-order chi connectivity index (χ0) is 14.6. The second-order valence-electron chi connectivity index (χ2n) is 5.94. The Bertz CT molecular complexity index is 539. The van der Waals surface area contributed by atoms with Crippen LogP contribution in [0, 0.1) is 13.8 Å². The van der Waals surface area contributed by atoms with Gasteiger partial charge in [0.05, 0.1) is 0 Å². The fraction of sp³-hybridized carbons (Fsp3) is 0.368. The molecule has 2 aromatic carbocycles. The van der Waals surface area contributed by atoms with Crippen molar-refractivity contribution in [3.8, 4) is 0 Å². The first-order chi connectivity index (χ1) is 9.53. The lowest BCUT2D eigenvalue weighted by Gasteiger charge is -2.30. The van der Waals surface area contributed by atoms with Gasteiger partial charge in [0.2, 0.25) is 0 Å². The van der Waals surface area contributed by atoms with Crippen molar-refractivity contribution in [3.05, 3.63) is 70.8 Å². The van der Waals surface area contributed by atoms with E-state index in [0.717, 1.165) is 19.3 Å². The van der Waals surface area contributed by atoms with Gasteiger partial charge in [-0.2, -0.15) is 0 Å². The predicted molar refractivity (Wildman–Crippen MR) is 86.8 cm³/mol. The number of hydrogen-bond acceptors (Lipinski definition) is 1. The van der Waals surface area contributed by atoms with Crippen LogP contribution in [0.4, 0.5) is 0 Å². The molecule has 2 rings (SSSR count). The smallest absolute Gasteiger partial charge is 0.0450 e. The van der Waals surface area contributed by atoms with Crippen LogP contribution in [0.2, 0.25) is 0 Å². The Morgan fingerprint density at radius 1 is 0.950 bits per heavy atom. The highest BCUT2D eigenvalue weighted by Gasteiger charge is 2.26. The van der Waals surface area contributed by atoms with Crippen LogP contribution in [-0.4, -0.2) is 0 Å². The molecule has 0 aromatic heterocycles. The minimum absolute atomic E-state index is 0.268. The van der Waals surface area contributed by atoms with Crippen LogP contribution in [-0.2, 0) is 12.0 Å². The van der Waals surface area contributed by atoms with E-state index in [1.165, 1.54) is 22.3 Å². The van der Waals surface area contributed by atoms with Crippen LogP contribution in [0.1, 0.15) is 42.0 Å². The third-order valence-electron chi connectivity index (χ3n) is 3.85. The van der Waals surface area contributed by atoms with Gasteiger partial charge in [0, 0.05) is 5.54 Å². The van der Waals surface area contributed by atoms with Crippen LogP contribution < -0.4 is 5.73 Å². The summed E-state index contributed by atoms with van der Waals surface area (Å²) >= 11 is 0. The van der Waals surface area contributed by atoms with Crippen molar-refractivity contribution in [2.24, 2.45) is 5.73 Å². The quantitative estimate of drug-likeness (QED) is 0.848. The molecule has 1 heteroatoms. The molecule has 0 aliphatic heterocycles. The predicted octanol–water partition coefficient (Wildman–Crippen LogP) is 4.50. The number of hydrogen-bond donors (Lipinski definition) is 1. The molecular formula is C19H25N. The molecule has 20 heavy (non-hydrogen) atoms. The van der Waals surface area contributed by atoms with Gasteiger partial charge in [-0.25, -0.2) is 0 Å². The highest BCUT2D eigenvalue weighted by atomic mass is 14.7. The van der Waals surface area contributed by atoms with Crippen LogP contribution in [0.5, 0.6) is 0 Å². The first-order valence-corrected chi connectivity index (χ1v) is 7.45. The molecule has 1 unspecified atom stereocenters. The molecule has 2 aromatic rings. The molecule has 0 fully saturated rings. The maximum atomic E-state index is 6.76. The molecule has 1 atom stereocenters. The number of benzene rings is 2. The van der Waals surface area contributed by atoms with Crippen molar-refractivity contribution in [1.29, 1.82) is 0 Å². The molecular weight excluding hydrogens is 242 g/mol. The van der Waals surface area contributed by atoms with Gasteiger partial charge in [0.15, 0.2) is 0 Å². The van der Waals surface area contributed by atoms with Crippen LogP contribution in [0.25, 0.3) is 0 Å². The van der Waals surface area contributed by atoms with Gasteiger partial charge < -0.3 is 5.73 Å². The molecule has 106 valence electrons. The maximum absolute atomic E-state index is 6.76. The normalized spacial score (nSPS) is 14.0. The summed E-state index contributed by atoms with van der Waals surface area (Å²) < 4.78 is 0. The molecule has 0 spiro atoms. The van der Waals surface area contributed by atoms with Gasteiger partial charge >= 0.3 is 0 Å². The van der Waals surface area contributed by atoms with Gasteiger partial charge in [0.25, 0.3) is 0 Å². The van der Waals surface area contributed by atoms with E-state index >= 15 is 0 Å². The summed E-state index contributed by atoms with van der Waals surface area (Å²) in [5.41, 5.74) is 11.7. The van der Waals surface area contributed by atoms with Crippen LogP contribution >= 0.6 is 0 Å². The summed E-state index contributed by atoms with van der Waals surface area (Å²) in [6.45, 7) is 6.50. The fourth-order valence-corrected chi connectivity index (χ4v) is 3.09. The Balaban J connectivity index is 2.34. The highest BCUT2D eigenvalue weighted by Crippen LogP contribution is 2.28. The Kier molecular flexibility index (Phi) is 4.61. The molecule has 2 N–H and O–H groups in total. The Morgan fingerprint density at radius 3 is 2.10 bits per heavy atom. The van der Waals surface area contributed by atoms with E-state index in [1.54, 1.807) is 0 Å². The molecule has 0 radical (unpaired) electrons. The molecule has 0 bridgehead atoms. The fourth-order valence-electron chi connectivity index (χ4n) is 3.09. The van der Waals surface area contributed by atoms with E-state index in [9.17, 15) is 0 Å². The van der Waals surface area contributed by atoms with E-state index < -0.39 is 0 Å². The average Bonchev–Trinajstić information content (AvgIpc) is 2.38. The highest BCUT2D eigenvalue weighted by molar-refractivity contribution is 5.33. The first-order valence-electron chi connectivity index (χ1n) is 7.45. The van der Waals surface area contributed by atoms with Crippen molar-refractivity contribution in [3.63, 3.8) is 0 Å². The van der Waals surface area contributed by atoms with E-state index in [1.807, 2.05) is 6.07 Å². The van der Waals surface area contributed by atoms with Crippen molar-refractivity contribution < 1.29 is 0 Å². The molecule has 0 saturated carbocycles. The molecule has 0 aliphatic rings. The van der Waals surface area contributed by atoms with Gasteiger partial charge in [-0.05, 0) is 37.8 Å². The SMILES string of the molecule is CCCC(N)(Cc1cc(C)cc(C)c1)c1ccccc1. The van der Waals surface area contributed by atoms with Gasteiger partial charge in [0.1, 0.15) is 0 Å². The number of aryl methyl sites for hydroxylation is 2. The summed E-state index contributed by atoms with van der Waals surface area (Å²) in [6.07, 6.45) is 2.99. The summed E-state index contributed by atoms with van der Waals surface area (Å²) in [5.74, 6) is 0. The molecule has 0 heterocycles. The lowest BCUT2D eigenvalue weighted by Crippen LogP contribution is -2.39. The minimum atomic E-state index is -0.268. The molecule has 0 amide bonds. The van der Waals surface area contributed by atoms with Crippen LogP contribution in [0.15, 0.2) is 48.5 Å². The summed E-state index contributed by atoms with van der Waals surface area (Å²) in [6, 6.07) is 17.2. The Morgan fingerprint density at radius 2 is 1.55 bits per heavy atom. The van der Waals surface area contributed by atoms with E-state index in [2.05, 4.69) is 63.2 Å². The molecule has 0 saturated heterocycles. The van der Waals surface area contributed by atoms with E-state index in [4.69, 9.17) is 5.73 Å². The summed E-state index contributed by atoms with van der Waals surface area (Å²) in [4.78, 5) is 0. The summed E-state index contributed by atoms with van der Waals surface area (Å²) in [5, 5.41) is 0. The number of nitrogens with two attached hydrogens (primary N) is 1. The third kappa shape index (κ3) is 3.49. The molecule has 0 aliphatic carbocycles. The van der Waals surface area contributed by atoms with Crippen molar-refractivity contribution in [2.45, 2.75) is 45.6 Å². The van der Waals surface area contributed by atoms with Gasteiger partial charge in [-0.15, -0.1) is 0 Å². The standard InChI is InChI=1S/C19H25N/c1-4-10-19(20,18-8-6-5-7-9-18)14-17-12-15(2)11-16(3)13-17/h5-9,11-13H,4,10,14,20H2,1-3H3. The lowest BCUT2D eigenvalue weighted by atomic mass is 9.81. The van der Waals surface area contributed by atoms with Crippen molar-refractivity contribution in [1.82, 2.24) is 0 Å². The zero-order valence-electron chi connectivity index (χ0n) is 12.8. The van der Waals surface area contributed by atoms with E-state index in [-0.39, 0.29) is 5.54 Å². The Hall–Kier alpha value is -1.60. The minimum Gasteiger partial charge on any atom is -0.321 e. The van der Waals surface area contributed by atoms with E-state index in [0.29, 0.717) is 0 Å². The van der Waals surface area contributed by atoms with Crippen molar-refractivity contribution >= 4 is 0 Å². The second-order valence-corrected chi connectivity index (χ2v) is 5.94. The maximum Gasteiger partial charge on any atom is 0.0450 e. The lowest BCUT2D eigenvalue weighted by molar-refractivity contribution is 0.400. The topological polar surface area (TPSA) is 26.0 Å². The average molecular weight is 267 g/mol. The van der Waals surface area contributed by atoms with Crippen molar-refractivity contribution in [2.75, 3.05) is 0 Å². The zero-order valence-corrected chi connectivity index (χ0v) is 12.8. The Labute approximate surface area is 122 Å². The number of rotatable bonds is 5. The third-order valence-corrected chi connectivity index (χ3v) is 3.85. The summed E-state index contributed by atoms with van der Waals surface area (Å²) in [7, 11) is 0. The molecule has 1 nitrogen and oxygen atoms in total. The first kappa shape index (κ1) is 14.8. The second kappa shape index (κ2) is 6.23. The van der Waals surface area contributed by atoms with Gasteiger partial charge in [-0.1, -0.05) is 73.0 Å². The monoisotopic (exact) mass is 267 g/mol. The largest absolute Gasteiger partial charge is 0.321 e. The van der Waals surface area contributed by atoms with Gasteiger partial charge in [-0.3, -0.25) is 0 Å².